The summed E-state index contributed by atoms with van der Waals surface area (Å²) in [7, 11) is 0. The lowest BCUT2D eigenvalue weighted by Crippen LogP contribution is -2.23. The molecule has 0 aliphatic heterocycles. The van der Waals surface area contributed by atoms with Crippen molar-refractivity contribution in [3.8, 4) is 11.5 Å². The van der Waals surface area contributed by atoms with Crippen molar-refractivity contribution in [2.24, 2.45) is 5.92 Å². The molecule has 2 aromatic carbocycles. The maximum absolute atomic E-state index is 12.8. The van der Waals surface area contributed by atoms with E-state index in [1.165, 1.54) is 55.7 Å². The molecular formula is C41H64O3. The molecule has 0 amide bonds. The molecule has 0 aromatic heterocycles. The van der Waals surface area contributed by atoms with Crippen LogP contribution in [0.15, 0.2) is 36.9 Å². The number of esters is 1. The van der Waals surface area contributed by atoms with E-state index < -0.39 is 5.97 Å². The zero-order valence-electron chi connectivity index (χ0n) is 30.4. The Morgan fingerprint density at radius 1 is 0.818 bits per heavy atom. The lowest BCUT2D eigenvalue weighted by Gasteiger charge is -2.33. The zero-order chi connectivity index (χ0) is 33.5. The van der Waals surface area contributed by atoms with Crippen molar-refractivity contribution in [1.82, 2.24) is 0 Å². The number of hydrogen-bond acceptors (Lipinski definition) is 3. The van der Waals surface area contributed by atoms with Crippen molar-refractivity contribution in [3.05, 3.63) is 70.3 Å². The molecule has 0 saturated carbocycles. The maximum Gasteiger partial charge on any atom is 0.335 e. The molecule has 1 N–H and O–H groups in total. The first-order valence-corrected chi connectivity index (χ1v) is 17.3. The van der Waals surface area contributed by atoms with Crippen LogP contribution in [0.3, 0.4) is 0 Å². The molecule has 2 aromatic rings. The molecule has 0 bridgehead atoms. The monoisotopic (exact) mass is 604 g/mol. The van der Waals surface area contributed by atoms with Crippen LogP contribution < -0.4 is 4.74 Å². The van der Waals surface area contributed by atoms with Crippen LogP contribution in [0.4, 0.5) is 0 Å². The van der Waals surface area contributed by atoms with Gasteiger partial charge in [-0.25, -0.2) is 4.79 Å². The van der Waals surface area contributed by atoms with Crippen molar-refractivity contribution < 1.29 is 14.6 Å². The summed E-state index contributed by atoms with van der Waals surface area (Å²) in [6.45, 7) is 30.6. The van der Waals surface area contributed by atoms with E-state index >= 15 is 0 Å². The lowest BCUT2D eigenvalue weighted by atomic mass is 9.73. The lowest BCUT2D eigenvalue weighted by molar-refractivity contribution is -0.129. The molecule has 0 fully saturated rings. The summed E-state index contributed by atoms with van der Waals surface area (Å²) in [6, 6.07) is 8.97. The van der Waals surface area contributed by atoms with Gasteiger partial charge in [0, 0.05) is 28.7 Å². The van der Waals surface area contributed by atoms with E-state index in [0.29, 0.717) is 17.4 Å². The van der Waals surface area contributed by atoms with Crippen LogP contribution in [0.2, 0.25) is 0 Å². The number of aromatic hydroxyl groups is 1. The van der Waals surface area contributed by atoms with Crippen molar-refractivity contribution in [2.45, 2.75) is 163 Å². The molecule has 1 atom stereocenters. The Bertz CT molecular complexity index is 1260. The van der Waals surface area contributed by atoms with E-state index in [1.54, 1.807) is 0 Å². The second-order valence-electron chi connectivity index (χ2n) is 15.9. The van der Waals surface area contributed by atoms with Gasteiger partial charge >= 0.3 is 5.97 Å². The van der Waals surface area contributed by atoms with Crippen LogP contribution in [0.25, 0.3) is 0 Å². The van der Waals surface area contributed by atoms with Gasteiger partial charge in [-0.15, -0.1) is 0 Å². The van der Waals surface area contributed by atoms with Crippen LogP contribution in [0, 0.1) is 5.92 Å². The second kappa shape index (κ2) is 15.6. The number of phenols is 1. The molecular weight excluding hydrogens is 540 g/mol. The minimum absolute atomic E-state index is 0.0269. The van der Waals surface area contributed by atoms with Gasteiger partial charge < -0.3 is 9.84 Å². The number of phenolic OH excluding ortho intramolecular Hbond substituents is 1. The summed E-state index contributed by atoms with van der Waals surface area (Å²) in [5.41, 5.74) is 6.01. The topological polar surface area (TPSA) is 46.5 Å². The number of unbranched alkanes of at least 4 members (excludes halogenated alkanes) is 4. The number of carbonyl (C=O) groups is 1. The van der Waals surface area contributed by atoms with E-state index in [2.05, 4.69) is 114 Å². The normalized spacial score (nSPS) is 13.3. The Morgan fingerprint density at radius 3 is 1.77 bits per heavy atom. The smallest absolute Gasteiger partial charge is 0.335 e. The van der Waals surface area contributed by atoms with E-state index in [9.17, 15) is 9.90 Å². The molecule has 3 nitrogen and oxygen atoms in total. The molecule has 246 valence electrons. The Labute approximate surface area is 270 Å². The minimum atomic E-state index is -0.463. The van der Waals surface area contributed by atoms with Crippen LogP contribution in [0.5, 0.6) is 11.5 Å². The third-order valence-electron chi connectivity index (χ3n) is 9.45. The molecule has 0 aliphatic carbocycles. The average molecular weight is 605 g/mol. The summed E-state index contributed by atoms with van der Waals surface area (Å²) in [5, 5.41) is 11.9. The first-order chi connectivity index (χ1) is 20.4. The minimum Gasteiger partial charge on any atom is -0.507 e. The molecule has 0 spiro atoms. The predicted octanol–water partition coefficient (Wildman–Crippen LogP) is 11.8. The van der Waals surface area contributed by atoms with Gasteiger partial charge in [0.25, 0.3) is 0 Å². The van der Waals surface area contributed by atoms with E-state index in [-0.39, 0.29) is 22.2 Å². The van der Waals surface area contributed by atoms with Gasteiger partial charge in [0.05, 0.1) is 0 Å². The fourth-order valence-electron chi connectivity index (χ4n) is 6.30. The Hall–Kier alpha value is -2.55. The van der Waals surface area contributed by atoms with Crippen LogP contribution in [-0.2, 0) is 27.5 Å². The summed E-state index contributed by atoms with van der Waals surface area (Å²) < 4.78 is 6.12. The van der Waals surface area contributed by atoms with Gasteiger partial charge in [-0.2, -0.15) is 0 Å². The number of carbonyl (C=O) groups excluding carboxylic acids is 1. The molecule has 2 rings (SSSR count). The summed E-state index contributed by atoms with van der Waals surface area (Å²) in [6.07, 6.45) is 11.4. The standard InChI is InChI=1S/C41H64O3/c1-14-17-19-21-40(10,11)31-24-30(23-28(4)5)37(43)33(25-31)29(6)34-26-32(41(12,13)22-20-18-15-2)27-35(39(7,8)9)38(34)44-36(42)16-3/h16,24-29,43H,3,14-15,17-23H2,1-2,4-13H3. The van der Waals surface area contributed by atoms with Crippen molar-refractivity contribution in [2.75, 3.05) is 0 Å². The molecule has 3 heteroatoms. The van der Waals surface area contributed by atoms with E-state index in [1.807, 2.05) is 0 Å². The maximum atomic E-state index is 12.8. The largest absolute Gasteiger partial charge is 0.507 e. The van der Waals surface area contributed by atoms with Crippen molar-refractivity contribution in [3.63, 3.8) is 0 Å². The van der Waals surface area contributed by atoms with Crippen LogP contribution in [0.1, 0.15) is 174 Å². The van der Waals surface area contributed by atoms with Gasteiger partial charge in [-0.3, -0.25) is 0 Å². The van der Waals surface area contributed by atoms with E-state index in [0.717, 1.165) is 41.5 Å². The number of benzene rings is 2. The molecule has 44 heavy (non-hydrogen) atoms. The Morgan fingerprint density at radius 2 is 1.32 bits per heavy atom. The van der Waals surface area contributed by atoms with Crippen molar-refractivity contribution >= 4 is 5.97 Å². The predicted molar refractivity (Wildman–Crippen MR) is 189 cm³/mol. The summed E-state index contributed by atoms with van der Waals surface area (Å²) in [5.74, 6) is 0.707. The van der Waals surface area contributed by atoms with Gasteiger partial charge in [0.2, 0.25) is 0 Å². The molecule has 0 radical (unpaired) electrons. The number of ether oxygens (including phenoxy) is 1. The first kappa shape index (κ1) is 37.6. The van der Waals surface area contributed by atoms with Gasteiger partial charge in [0.15, 0.2) is 0 Å². The fourth-order valence-corrected chi connectivity index (χ4v) is 6.30. The summed E-state index contributed by atoms with van der Waals surface area (Å²) >= 11 is 0. The van der Waals surface area contributed by atoms with Crippen LogP contribution in [-0.4, -0.2) is 11.1 Å². The van der Waals surface area contributed by atoms with Gasteiger partial charge in [-0.1, -0.05) is 152 Å². The Balaban J connectivity index is 2.93. The zero-order valence-corrected chi connectivity index (χ0v) is 30.4. The summed E-state index contributed by atoms with van der Waals surface area (Å²) in [4.78, 5) is 12.8. The quantitative estimate of drug-likeness (QED) is 0.0897. The highest BCUT2D eigenvalue weighted by Gasteiger charge is 2.32. The van der Waals surface area contributed by atoms with Crippen LogP contribution >= 0.6 is 0 Å². The fraction of sp³-hybridized carbons (Fsp3) is 0.634. The third-order valence-corrected chi connectivity index (χ3v) is 9.45. The second-order valence-corrected chi connectivity index (χ2v) is 15.9. The molecule has 0 aliphatic rings. The number of rotatable bonds is 16. The van der Waals surface area contributed by atoms with Gasteiger partial charge in [0.1, 0.15) is 11.5 Å². The highest BCUT2D eigenvalue weighted by molar-refractivity contribution is 5.84. The average Bonchev–Trinajstić information content (AvgIpc) is 2.92. The molecule has 0 saturated heterocycles. The SMILES string of the molecule is C=CC(=O)Oc1c(C(C)c2cc(C(C)(C)CCCCC)cc(CC(C)C)c2O)cc(C(C)(C)CCCCC)cc1C(C)(C)C. The number of hydrogen-bond donors (Lipinski definition) is 1. The Kier molecular flexibility index (Phi) is 13.4. The van der Waals surface area contributed by atoms with Gasteiger partial charge in [-0.05, 0) is 58.1 Å². The first-order valence-electron chi connectivity index (χ1n) is 17.3. The van der Waals surface area contributed by atoms with Crippen molar-refractivity contribution in [1.29, 1.82) is 0 Å². The highest BCUT2D eigenvalue weighted by Crippen LogP contribution is 2.47. The molecule has 1 unspecified atom stereocenters. The molecule has 0 heterocycles. The van der Waals surface area contributed by atoms with E-state index in [4.69, 9.17) is 4.74 Å². The highest BCUT2D eigenvalue weighted by atomic mass is 16.5. The third kappa shape index (κ3) is 9.72.